The van der Waals surface area contributed by atoms with Crippen LogP contribution in [0, 0.1) is 11.6 Å². The van der Waals surface area contributed by atoms with Gasteiger partial charge in [0.15, 0.2) is 0 Å². The average molecular weight is 381 g/mol. The van der Waals surface area contributed by atoms with Crippen molar-refractivity contribution in [2.75, 3.05) is 6.54 Å². The zero-order chi connectivity index (χ0) is 20.6. The monoisotopic (exact) mass is 381 g/mol. The van der Waals surface area contributed by atoms with Gasteiger partial charge in [-0.05, 0) is 50.9 Å². The summed E-state index contributed by atoms with van der Waals surface area (Å²) in [4.78, 5) is 22.2. The van der Waals surface area contributed by atoms with Gasteiger partial charge in [0.25, 0.3) is 0 Å². The van der Waals surface area contributed by atoms with Gasteiger partial charge in [-0.1, -0.05) is 6.08 Å². The van der Waals surface area contributed by atoms with Gasteiger partial charge in [0.05, 0.1) is 11.2 Å². The summed E-state index contributed by atoms with van der Waals surface area (Å²) in [6, 6.07) is 1.82. The highest BCUT2D eigenvalue weighted by atomic mass is 19.1. The standard InChI is InChI=1S/C18H22BF2NO5/c1-10(23)22-9-12(19-26-17(2,3)18(4,5)27-19)6-11-7-13(20)15(16(24)25)14(21)8-11/h6-8H,9H2,1-5H3,(H,22,23)(H,24,25). The van der Waals surface area contributed by atoms with Gasteiger partial charge in [-0.25, -0.2) is 13.6 Å². The number of nitrogens with one attached hydrogen (secondary N) is 1. The Labute approximate surface area is 156 Å². The lowest BCUT2D eigenvalue weighted by atomic mass is 9.77. The zero-order valence-electron chi connectivity index (χ0n) is 15.9. The molecule has 0 aromatic heterocycles. The molecule has 0 unspecified atom stereocenters. The number of amides is 1. The molecule has 146 valence electrons. The number of aromatic carboxylic acids is 1. The molecule has 0 saturated carbocycles. The quantitative estimate of drug-likeness (QED) is 0.767. The molecular formula is C18H22BF2NO5. The molecule has 1 aliphatic heterocycles. The van der Waals surface area contributed by atoms with Gasteiger partial charge in [-0.15, -0.1) is 0 Å². The highest BCUT2D eigenvalue weighted by molar-refractivity contribution is 6.56. The summed E-state index contributed by atoms with van der Waals surface area (Å²) in [5.41, 5.74) is -1.78. The van der Waals surface area contributed by atoms with E-state index in [1.807, 2.05) is 27.7 Å². The first-order valence-electron chi connectivity index (χ1n) is 8.37. The molecular weight excluding hydrogens is 359 g/mol. The van der Waals surface area contributed by atoms with E-state index >= 15 is 0 Å². The van der Waals surface area contributed by atoms with Crippen molar-refractivity contribution in [3.8, 4) is 0 Å². The summed E-state index contributed by atoms with van der Waals surface area (Å²) >= 11 is 0. The van der Waals surface area contributed by atoms with Crippen molar-refractivity contribution < 1.29 is 32.8 Å². The Balaban J connectivity index is 2.43. The fourth-order valence-corrected chi connectivity index (χ4v) is 2.52. The molecule has 0 aliphatic carbocycles. The predicted octanol–water partition coefficient (Wildman–Crippen LogP) is 2.81. The summed E-state index contributed by atoms with van der Waals surface area (Å²) in [5, 5.41) is 11.5. The maximum Gasteiger partial charge on any atom is 0.492 e. The third kappa shape index (κ3) is 4.54. The SMILES string of the molecule is CC(=O)NCC(=Cc1cc(F)c(C(=O)O)c(F)c1)B1OC(C)(C)C(C)(C)O1. The second kappa shape index (κ2) is 7.40. The predicted molar refractivity (Wildman–Crippen MR) is 96.1 cm³/mol. The van der Waals surface area contributed by atoms with Crippen LogP contribution in [0.1, 0.15) is 50.5 Å². The lowest BCUT2D eigenvalue weighted by Crippen LogP contribution is -2.41. The van der Waals surface area contributed by atoms with E-state index in [0.29, 0.717) is 5.47 Å². The molecule has 1 amide bonds. The number of hydrogen-bond donors (Lipinski definition) is 2. The Hall–Kier alpha value is -2.26. The number of carboxylic acids is 1. The van der Waals surface area contributed by atoms with Gasteiger partial charge in [0.2, 0.25) is 5.91 Å². The number of benzene rings is 1. The van der Waals surface area contributed by atoms with Crippen molar-refractivity contribution in [2.24, 2.45) is 0 Å². The molecule has 1 saturated heterocycles. The van der Waals surface area contributed by atoms with Gasteiger partial charge in [-0.3, -0.25) is 4.79 Å². The molecule has 9 heteroatoms. The third-order valence-electron chi connectivity index (χ3n) is 4.73. The van der Waals surface area contributed by atoms with Crippen LogP contribution in [0.25, 0.3) is 6.08 Å². The van der Waals surface area contributed by atoms with Gasteiger partial charge >= 0.3 is 13.1 Å². The second-order valence-corrected chi connectivity index (χ2v) is 7.38. The van der Waals surface area contributed by atoms with Crippen LogP contribution < -0.4 is 5.32 Å². The van der Waals surface area contributed by atoms with Crippen LogP contribution >= 0.6 is 0 Å². The molecule has 2 N–H and O–H groups in total. The fourth-order valence-electron chi connectivity index (χ4n) is 2.52. The fraction of sp³-hybridized carbons (Fsp3) is 0.444. The highest BCUT2D eigenvalue weighted by Crippen LogP contribution is 2.38. The van der Waals surface area contributed by atoms with Gasteiger partial charge < -0.3 is 19.7 Å². The first kappa shape index (κ1) is 21.0. The molecule has 0 bridgehead atoms. The topological polar surface area (TPSA) is 84.9 Å². The smallest absolute Gasteiger partial charge is 0.477 e. The number of carbonyl (C=O) groups excluding carboxylic acids is 1. The lowest BCUT2D eigenvalue weighted by Gasteiger charge is -2.32. The van der Waals surface area contributed by atoms with Crippen molar-refractivity contribution >= 4 is 25.1 Å². The number of halogens is 2. The third-order valence-corrected chi connectivity index (χ3v) is 4.73. The molecule has 27 heavy (non-hydrogen) atoms. The Kier molecular flexibility index (Phi) is 5.77. The Morgan fingerprint density at radius 3 is 2.04 bits per heavy atom. The second-order valence-electron chi connectivity index (χ2n) is 7.38. The molecule has 1 aromatic rings. The summed E-state index contributed by atoms with van der Waals surface area (Å²) < 4.78 is 39.8. The number of carbonyl (C=O) groups is 2. The Morgan fingerprint density at radius 2 is 1.63 bits per heavy atom. The first-order valence-corrected chi connectivity index (χ1v) is 8.37. The molecule has 2 rings (SSSR count). The molecule has 0 radical (unpaired) electrons. The van der Waals surface area contributed by atoms with Crippen molar-refractivity contribution in [1.82, 2.24) is 5.32 Å². The minimum absolute atomic E-state index is 0.0378. The molecule has 1 aromatic carbocycles. The van der Waals surface area contributed by atoms with Gasteiger partial charge in [0.1, 0.15) is 17.2 Å². The Morgan fingerprint density at radius 1 is 1.15 bits per heavy atom. The summed E-state index contributed by atoms with van der Waals surface area (Å²) in [6.45, 7) is 8.78. The van der Waals surface area contributed by atoms with Crippen molar-refractivity contribution in [3.63, 3.8) is 0 Å². The molecule has 1 fully saturated rings. The van der Waals surface area contributed by atoms with E-state index in [1.54, 1.807) is 0 Å². The summed E-state index contributed by atoms with van der Waals surface area (Å²) in [7, 11) is -0.841. The van der Waals surface area contributed by atoms with Gasteiger partial charge in [0, 0.05) is 13.5 Å². The molecule has 0 spiro atoms. The maximum atomic E-state index is 14.0. The van der Waals surface area contributed by atoms with Crippen LogP contribution in [0.5, 0.6) is 0 Å². The number of carboxylic acid groups (broad SMARTS) is 1. The molecule has 1 aliphatic rings. The largest absolute Gasteiger partial charge is 0.492 e. The average Bonchev–Trinajstić information content (AvgIpc) is 2.70. The number of rotatable bonds is 5. The van der Waals surface area contributed by atoms with Crippen LogP contribution in [0.4, 0.5) is 8.78 Å². The summed E-state index contributed by atoms with van der Waals surface area (Å²) in [5.74, 6) is -4.37. The van der Waals surface area contributed by atoms with E-state index < -0.39 is 41.5 Å². The van der Waals surface area contributed by atoms with E-state index in [2.05, 4.69) is 5.32 Å². The van der Waals surface area contributed by atoms with E-state index in [9.17, 15) is 18.4 Å². The van der Waals surface area contributed by atoms with Gasteiger partial charge in [-0.2, -0.15) is 0 Å². The van der Waals surface area contributed by atoms with E-state index in [4.69, 9.17) is 14.4 Å². The van der Waals surface area contributed by atoms with Crippen LogP contribution in [0.3, 0.4) is 0 Å². The molecule has 0 atom stereocenters. The van der Waals surface area contributed by atoms with Crippen LogP contribution in [0.2, 0.25) is 0 Å². The van der Waals surface area contributed by atoms with Crippen LogP contribution in [0.15, 0.2) is 17.6 Å². The molecule has 6 nitrogen and oxygen atoms in total. The first-order chi connectivity index (χ1) is 12.3. The van der Waals surface area contributed by atoms with Crippen molar-refractivity contribution in [3.05, 3.63) is 40.4 Å². The maximum absolute atomic E-state index is 14.0. The van der Waals surface area contributed by atoms with Crippen LogP contribution in [-0.4, -0.2) is 41.8 Å². The number of hydrogen-bond acceptors (Lipinski definition) is 4. The summed E-state index contributed by atoms with van der Waals surface area (Å²) in [6.07, 6.45) is 1.41. The van der Waals surface area contributed by atoms with E-state index in [-0.39, 0.29) is 18.0 Å². The Bertz CT molecular complexity index is 768. The van der Waals surface area contributed by atoms with Crippen molar-refractivity contribution in [2.45, 2.75) is 45.8 Å². The normalized spacial score (nSPS) is 18.5. The van der Waals surface area contributed by atoms with Crippen molar-refractivity contribution in [1.29, 1.82) is 0 Å². The zero-order valence-corrected chi connectivity index (χ0v) is 15.9. The minimum atomic E-state index is -1.69. The van der Waals surface area contributed by atoms with E-state index in [1.165, 1.54) is 13.0 Å². The van der Waals surface area contributed by atoms with E-state index in [0.717, 1.165) is 12.1 Å². The van der Waals surface area contributed by atoms with Crippen LogP contribution in [-0.2, 0) is 14.1 Å². The highest BCUT2D eigenvalue weighted by Gasteiger charge is 2.52. The minimum Gasteiger partial charge on any atom is -0.477 e. The molecule has 1 heterocycles. The lowest BCUT2D eigenvalue weighted by molar-refractivity contribution is -0.118.